The molecule has 0 bridgehead atoms. The Morgan fingerprint density at radius 2 is 1.91 bits per heavy atom. The number of nitrogens with one attached hydrogen (secondary N) is 1. The molecule has 0 radical (unpaired) electrons. The molecule has 22 heavy (non-hydrogen) atoms. The number of ether oxygens (including phenoxy) is 2. The second-order valence-electron chi connectivity index (χ2n) is 5.82. The second-order valence-corrected chi connectivity index (χ2v) is 5.82. The van der Waals surface area contributed by atoms with Gasteiger partial charge in [0, 0.05) is 13.2 Å². The van der Waals surface area contributed by atoms with Crippen LogP contribution in [0.15, 0.2) is 0 Å². The van der Waals surface area contributed by atoms with E-state index in [1.54, 1.807) is 7.11 Å². The van der Waals surface area contributed by atoms with Crippen molar-refractivity contribution in [1.82, 2.24) is 9.97 Å². The maximum Gasteiger partial charge on any atom is 0.242 e. The van der Waals surface area contributed by atoms with Gasteiger partial charge >= 0.3 is 0 Å². The van der Waals surface area contributed by atoms with Crippen molar-refractivity contribution in [3.63, 3.8) is 0 Å². The number of methoxy groups -OCH3 is 1. The van der Waals surface area contributed by atoms with E-state index in [0.29, 0.717) is 42.5 Å². The predicted octanol–water partition coefficient (Wildman–Crippen LogP) is 3.13. The van der Waals surface area contributed by atoms with E-state index in [1.807, 2.05) is 0 Å². The molecule has 0 spiro atoms. The maximum absolute atomic E-state index is 6.19. The van der Waals surface area contributed by atoms with Crippen LogP contribution in [0.25, 0.3) is 0 Å². The van der Waals surface area contributed by atoms with Crippen molar-refractivity contribution in [3.8, 4) is 5.88 Å². The second kappa shape index (κ2) is 8.78. The summed E-state index contributed by atoms with van der Waals surface area (Å²) in [5.41, 5.74) is 6.69. The molecule has 0 atom stereocenters. The highest BCUT2D eigenvalue weighted by Gasteiger charge is 2.18. The SMILES string of the molecule is CCCOc1nc(COC)nc(NC2CCCCCC2)c1N. The summed E-state index contributed by atoms with van der Waals surface area (Å²) in [6.07, 6.45) is 8.38. The molecule has 0 aliphatic heterocycles. The highest BCUT2D eigenvalue weighted by molar-refractivity contribution is 5.67. The average molecular weight is 308 g/mol. The van der Waals surface area contributed by atoms with E-state index >= 15 is 0 Å². The molecule has 0 aromatic carbocycles. The van der Waals surface area contributed by atoms with Gasteiger partial charge in [-0.25, -0.2) is 4.98 Å². The van der Waals surface area contributed by atoms with Crippen LogP contribution in [0.3, 0.4) is 0 Å². The van der Waals surface area contributed by atoms with Crippen LogP contribution >= 0.6 is 0 Å². The van der Waals surface area contributed by atoms with Gasteiger partial charge in [-0.1, -0.05) is 32.6 Å². The molecule has 3 N–H and O–H groups in total. The van der Waals surface area contributed by atoms with Crippen LogP contribution in [0, 0.1) is 0 Å². The number of hydrogen-bond acceptors (Lipinski definition) is 6. The molecule has 1 fully saturated rings. The number of rotatable bonds is 7. The van der Waals surface area contributed by atoms with Gasteiger partial charge in [-0.15, -0.1) is 0 Å². The summed E-state index contributed by atoms with van der Waals surface area (Å²) >= 11 is 0. The Kier molecular flexibility index (Phi) is 6.71. The zero-order chi connectivity index (χ0) is 15.8. The predicted molar refractivity (Wildman–Crippen MR) is 88.1 cm³/mol. The first-order valence-corrected chi connectivity index (χ1v) is 8.29. The molecule has 1 aromatic rings. The molecule has 124 valence electrons. The van der Waals surface area contributed by atoms with Crippen LogP contribution in [0.5, 0.6) is 5.88 Å². The van der Waals surface area contributed by atoms with Crippen molar-refractivity contribution in [2.24, 2.45) is 0 Å². The highest BCUT2D eigenvalue weighted by atomic mass is 16.5. The molecule has 1 saturated carbocycles. The van der Waals surface area contributed by atoms with Crippen molar-refractivity contribution in [2.45, 2.75) is 64.5 Å². The summed E-state index contributed by atoms with van der Waals surface area (Å²) in [6.45, 7) is 3.00. The lowest BCUT2D eigenvalue weighted by Crippen LogP contribution is -2.21. The van der Waals surface area contributed by atoms with E-state index in [-0.39, 0.29) is 0 Å². The van der Waals surface area contributed by atoms with E-state index in [0.717, 1.165) is 19.3 Å². The maximum atomic E-state index is 6.19. The van der Waals surface area contributed by atoms with Gasteiger partial charge in [-0.05, 0) is 19.3 Å². The summed E-state index contributed by atoms with van der Waals surface area (Å²) in [5, 5.41) is 3.49. The number of nitrogens with two attached hydrogens (primary N) is 1. The van der Waals surface area contributed by atoms with Gasteiger partial charge in [0.05, 0.1) is 6.61 Å². The third-order valence-corrected chi connectivity index (χ3v) is 3.87. The number of nitrogen functional groups attached to an aromatic ring is 1. The summed E-state index contributed by atoms with van der Waals surface area (Å²) in [5.74, 6) is 1.74. The lowest BCUT2D eigenvalue weighted by atomic mass is 10.1. The lowest BCUT2D eigenvalue weighted by molar-refractivity contribution is 0.176. The van der Waals surface area contributed by atoms with Gasteiger partial charge in [0.1, 0.15) is 12.3 Å². The zero-order valence-electron chi connectivity index (χ0n) is 13.7. The minimum atomic E-state index is 0.349. The first-order chi connectivity index (χ1) is 10.7. The highest BCUT2D eigenvalue weighted by Crippen LogP contribution is 2.29. The van der Waals surface area contributed by atoms with Crippen molar-refractivity contribution in [2.75, 3.05) is 24.8 Å². The normalized spacial score (nSPS) is 16.3. The van der Waals surface area contributed by atoms with E-state index in [4.69, 9.17) is 15.2 Å². The zero-order valence-corrected chi connectivity index (χ0v) is 13.7. The van der Waals surface area contributed by atoms with E-state index in [9.17, 15) is 0 Å². The smallest absolute Gasteiger partial charge is 0.242 e. The molecule has 6 heteroatoms. The summed E-state index contributed by atoms with van der Waals surface area (Å²) in [4.78, 5) is 8.85. The Morgan fingerprint density at radius 3 is 2.55 bits per heavy atom. The van der Waals surface area contributed by atoms with Crippen LogP contribution in [0.4, 0.5) is 11.5 Å². The monoisotopic (exact) mass is 308 g/mol. The summed E-state index contributed by atoms with van der Waals surface area (Å²) in [6, 6.07) is 0.425. The number of aromatic nitrogens is 2. The standard InChI is InChI=1S/C16H28N4O2/c1-3-10-22-16-14(17)15(19-13(20-16)11-21-2)18-12-8-6-4-5-7-9-12/h12H,3-11,17H2,1-2H3,(H,18,19,20). The average Bonchev–Trinajstić information content (AvgIpc) is 2.78. The van der Waals surface area contributed by atoms with Gasteiger partial charge in [-0.3, -0.25) is 0 Å². The Balaban J connectivity index is 2.17. The quantitative estimate of drug-likeness (QED) is 0.753. The fourth-order valence-corrected chi connectivity index (χ4v) is 2.72. The molecular formula is C16H28N4O2. The molecule has 6 nitrogen and oxygen atoms in total. The van der Waals surface area contributed by atoms with E-state index in [2.05, 4.69) is 22.2 Å². The molecular weight excluding hydrogens is 280 g/mol. The fourth-order valence-electron chi connectivity index (χ4n) is 2.72. The molecule has 1 heterocycles. The van der Waals surface area contributed by atoms with Gasteiger partial charge in [0.2, 0.25) is 5.88 Å². The molecule has 0 unspecified atom stereocenters. The molecule has 2 rings (SSSR count). The third-order valence-electron chi connectivity index (χ3n) is 3.87. The first kappa shape index (κ1) is 16.8. The number of nitrogens with zero attached hydrogens (tertiary/aromatic N) is 2. The Labute approximate surface area is 132 Å². The Hall–Kier alpha value is -1.56. The van der Waals surface area contributed by atoms with Crippen molar-refractivity contribution in [3.05, 3.63) is 5.82 Å². The van der Waals surface area contributed by atoms with Gasteiger partial charge in [0.25, 0.3) is 0 Å². The minimum absolute atomic E-state index is 0.349. The molecule has 1 aliphatic rings. The summed E-state index contributed by atoms with van der Waals surface area (Å²) < 4.78 is 10.8. The van der Waals surface area contributed by atoms with Gasteiger partial charge in [-0.2, -0.15) is 4.98 Å². The van der Waals surface area contributed by atoms with Crippen molar-refractivity contribution < 1.29 is 9.47 Å². The molecule has 0 saturated heterocycles. The number of hydrogen-bond donors (Lipinski definition) is 2. The van der Waals surface area contributed by atoms with Gasteiger partial charge < -0.3 is 20.5 Å². The fraction of sp³-hybridized carbons (Fsp3) is 0.750. The van der Waals surface area contributed by atoms with Crippen LogP contribution < -0.4 is 15.8 Å². The Morgan fingerprint density at radius 1 is 1.18 bits per heavy atom. The van der Waals surface area contributed by atoms with E-state index < -0.39 is 0 Å². The van der Waals surface area contributed by atoms with Crippen LogP contribution in [0.2, 0.25) is 0 Å². The Bertz CT molecular complexity index is 460. The molecule has 1 aliphatic carbocycles. The first-order valence-electron chi connectivity index (χ1n) is 8.29. The van der Waals surface area contributed by atoms with Crippen molar-refractivity contribution >= 4 is 11.5 Å². The topological polar surface area (TPSA) is 82.3 Å². The van der Waals surface area contributed by atoms with Gasteiger partial charge in [0.15, 0.2) is 11.6 Å². The molecule has 0 amide bonds. The lowest BCUT2D eigenvalue weighted by Gasteiger charge is -2.19. The van der Waals surface area contributed by atoms with Crippen molar-refractivity contribution in [1.29, 1.82) is 0 Å². The largest absolute Gasteiger partial charge is 0.476 e. The van der Waals surface area contributed by atoms with E-state index in [1.165, 1.54) is 25.7 Å². The summed E-state index contributed by atoms with van der Waals surface area (Å²) in [7, 11) is 1.63. The minimum Gasteiger partial charge on any atom is -0.476 e. The van der Waals surface area contributed by atoms with Crippen LogP contribution in [0.1, 0.15) is 57.7 Å². The molecule has 1 aromatic heterocycles. The van der Waals surface area contributed by atoms with Crippen LogP contribution in [-0.2, 0) is 11.3 Å². The van der Waals surface area contributed by atoms with Crippen LogP contribution in [-0.4, -0.2) is 29.7 Å². The third kappa shape index (κ3) is 4.73. The number of anilines is 2.